The highest BCUT2D eigenvalue weighted by Gasteiger charge is 2.35. The molecule has 0 saturated heterocycles. The van der Waals surface area contributed by atoms with Crippen LogP contribution in [0.4, 0.5) is 0 Å². The second-order valence-corrected chi connectivity index (χ2v) is 9.92. The third-order valence-corrected chi connectivity index (χ3v) is 7.38. The minimum atomic E-state index is -0.703. The number of rotatable bonds is 5. The summed E-state index contributed by atoms with van der Waals surface area (Å²) in [7, 11) is 0. The number of phenolic OH excluding ortho intramolecular Hbond substituents is 1. The predicted octanol–water partition coefficient (Wildman–Crippen LogP) is 4.40. The van der Waals surface area contributed by atoms with Crippen LogP contribution in [-0.4, -0.2) is 22.2 Å². The van der Waals surface area contributed by atoms with E-state index in [1.165, 1.54) is 11.3 Å². The Morgan fingerprint density at radius 3 is 2.47 bits per heavy atom. The van der Waals surface area contributed by atoms with Gasteiger partial charge in [-0.2, -0.15) is 0 Å². The molecular weight excluding hydrogens is 540 g/mol. The van der Waals surface area contributed by atoms with Gasteiger partial charge in [0.1, 0.15) is 5.75 Å². The largest absolute Gasteiger partial charge is 0.507 e. The monoisotopic (exact) mass is 560 g/mol. The van der Waals surface area contributed by atoms with Crippen molar-refractivity contribution in [2.75, 3.05) is 6.61 Å². The average Bonchev–Trinajstić information content (AvgIpc) is 3.21. The van der Waals surface area contributed by atoms with Gasteiger partial charge in [0.15, 0.2) is 4.80 Å². The van der Waals surface area contributed by atoms with Gasteiger partial charge in [-0.05, 0) is 52.2 Å². The van der Waals surface area contributed by atoms with Crippen LogP contribution in [0.3, 0.4) is 0 Å². The van der Waals surface area contributed by atoms with E-state index in [4.69, 9.17) is 9.73 Å². The number of hydrogen-bond donors (Lipinski definition) is 1. The Balaban J connectivity index is 1.82. The van der Waals surface area contributed by atoms with Crippen LogP contribution in [-0.2, 0) is 9.53 Å². The van der Waals surface area contributed by atoms with Gasteiger partial charge in [-0.25, -0.2) is 9.79 Å². The second kappa shape index (κ2) is 10.1. The van der Waals surface area contributed by atoms with E-state index in [0.29, 0.717) is 25.1 Å². The molecule has 6 nitrogen and oxygen atoms in total. The van der Waals surface area contributed by atoms with Crippen LogP contribution >= 0.6 is 27.3 Å². The lowest BCUT2D eigenvalue weighted by Crippen LogP contribution is -2.39. The second-order valence-electron chi connectivity index (χ2n) is 8.05. The lowest BCUT2D eigenvalue weighted by atomic mass is 9.93. The Labute approximate surface area is 219 Å². The first-order chi connectivity index (χ1) is 17.5. The third-order valence-electron chi connectivity index (χ3n) is 5.76. The summed E-state index contributed by atoms with van der Waals surface area (Å²) < 4.78 is 8.02. The lowest BCUT2D eigenvalue weighted by molar-refractivity contribution is -0.138. The molecule has 0 aliphatic carbocycles. The fraction of sp³-hybridized carbons (Fsp3) is 0.107. The molecule has 1 aliphatic heterocycles. The van der Waals surface area contributed by atoms with E-state index in [1.54, 1.807) is 35.8 Å². The number of carbonyl (C=O) groups excluding carboxylic acids is 1. The Kier molecular flexibility index (Phi) is 6.71. The molecule has 1 N–H and O–H groups in total. The first-order valence-corrected chi connectivity index (χ1v) is 12.9. The predicted molar refractivity (Wildman–Crippen MR) is 143 cm³/mol. The van der Waals surface area contributed by atoms with Crippen LogP contribution in [0.2, 0.25) is 0 Å². The summed E-state index contributed by atoms with van der Waals surface area (Å²) in [4.78, 5) is 32.4. The highest BCUT2D eigenvalue weighted by Crippen LogP contribution is 2.35. The maximum absolute atomic E-state index is 13.8. The van der Waals surface area contributed by atoms with Gasteiger partial charge in [0.2, 0.25) is 0 Å². The Bertz CT molecular complexity index is 1660. The molecule has 1 aliphatic rings. The smallest absolute Gasteiger partial charge is 0.338 e. The van der Waals surface area contributed by atoms with E-state index in [1.807, 2.05) is 60.7 Å². The molecule has 2 heterocycles. The highest BCUT2D eigenvalue weighted by atomic mass is 79.9. The van der Waals surface area contributed by atoms with Gasteiger partial charge in [-0.15, -0.1) is 0 Å². The number of phenols is 1. The maximum Gasteiger partial charge on any atom is 0.338 e. The van der Waals surface area contributed by atoms with Gasteiger partial charge in [0, 0.05) is 5.56 Å². The van der Waals surface area contributed by atoms with Crippen molar-refractivity contribution < 1.29 is 14.6 Å². The molecular formula is C28H21BrN2O4S. The molecule has 0 saturated carbocycles. The number of nitrogens with zero attached hydrogens (tertiary/aromatic N) is 2. The molecule has 36 heavy (non-hydrogen) atoms. The first kappa shape index (κ1) is 24.0. The fourth-order valence-corrected chi connectivity index (χ4v) is 5.55. The first-order valence-electron chi connectivity index (χ1n) is 11.3. The van der Waals surface area contributed by atoms with E-state index < -0.39 is 12.0 Å². The van der Waals surface area contributed by atoms with Gasteiger partial charge in [0.05, 0.1) is 32.9 Å². The zero-order valence-corrected chi connectivity index (χ0v) is 21.6. The number of aromatic hydroxyl groups is 1. The molecule has 0 amide bonds. The summed E-state index contributed by atoms with van der Waals surface area (Å²) in [5.74, 6) is -0.394. The lowest BCUT2D eigenvalue weighted by Gasteiger charge is -2.25. The van der Waals surface area contributed by atoms with Gasteiger partial charge in [-0.3, -0.25) is 9.36 Å². The number of esters is 1. The van der Waals surface area contributed by atoms with Crippen molar-refractivity contribution in [1.29, 1.82) is 0 Å². The molecule has 4 aromatic rings. The molecule has 3 aromatic carbocycles. The number of halogens is 1. The summed E-state index contributed by atoms with van der Waals surface area (Å²) in [6.07, 6.45) is 1.76. The van der Waals surface area contributed by atoms with Gasteiger partial charge in [-0.1, -0.05) is 78.1 Å². The zero-order valence-electron chi connectivity index (χ0n) is 19.2. The zero-order chi connectivity index (χ0) is 25.2. The average molecular weight is 561 g/mol. The molecule has 180 valence electrons. The van der Waals surface area contributed by atoms with Crippen molar-refractivity contribution in [3.8, 4) is 5.75 Å². The SMILES string of the molecule is CCOC(=O)C1=C(c2ccccc2)N=c2s/c(=C\c3ccc(O)c(Br)c3)c(=O)n2[C@H]1c1ccccc1. The van der Waals surface area contributed by atoms with Crippen molar-refractivity contribution in [2.45, 2.75) is 13.0 Å². The summed E-state index contributed by atoms with van der Waals surface area (Å²) in [5, 5.41) is 9.83. The standard InChI is InChI=1S/C28H21BrN2O4S/c1-2-35-27(34)23-24(18-9-5-3-6-10-18)30-28-31(25(23)19-11-7-4-8-12-19)26(33)22(36-28)16-17-13-14-21(32)20(29)15-17/h3-16,25,32H,2H2,1H3/b22-16-/t25-/m0/s1. The number of thiazole rings is 1. The topological polar surface area (TPSA) is 80.9 Å². The quantitative estimate of drug-likeness (QED) is 0.367. The summed E-state index contributed by atoms with van der Waals surface area (Å²) in [5.41, 5.74) is 2.84. The summed E-state index contributed by atoms with van der Waals surface area (Å²) in [6.45, 7) is 1.95. The molecule has 8 heteroatoms. The van der Waals surface area contributed by atoms with Gasteiger partial charge in [0.25, 0.3) is 5.56 Å². The fourth-order valence-electron chi connectivity index (χ4n) is 4.16. The Morgan fingerprint density at radius 2 is 1.81 bits per heavy atom. The van der Waals surface area contributed by atoms with Crippen LogP contribution in [0.25, 0.3) is 11.8 Å². The van der Waals surface area contributed by atoms with Crippen LogP contribution in [0, 0.1) is 0 Å². The molecule has 5 rings (SSSR count). The van der Waals surface area contributed by atoms with Crippen molar-refractivity contribution >= 4 is 45.0 Å². The number of benzene rings is 3. The molecule has 0 fully saturated rings. The van der Waals surface area contributed by atoms with Crippen molar-refractivity contribution in [1.82, 2.24) is 4.57 Å². The van der Waals surface area contributed by atoms with E-state index in [-0.39, 0.29) is 17.9 Å². The van der Waals surface area contributed by atoms with Crippen LogP contribution in [0.1, 0.15) is 29.7 Å². The summed E-state index contributed by atoms with van der Waals surface area (Å²) >= 11 is 4.58. The number of ether oxygens (including phenoxy) is 1. The molecule has 0 bridgehead atoms. The van der Waals surface area contributed by atoms with Crippen molar-refractivity contribution in [3.05, 3.63) is 125 Å². The Hall–Kier alpha value is -3.75. The molecule has 0 unspecified atom stereocenters. The maximum atomic E-state index is 13.8. The third kappa shape index (κ3) is 4.45. The van der Waals surface area contributed by atoms with E-state index >= 15 is 0 Å². The van der Waals surface area contributed by atoms with Crippen molar-refractivity contribution in [3.63, 3.8) is 0 Å². The Morgan fingerprint density at radius 1 is 1.11 bits per heavy atom. The molecule has 1 atom stereocenters. The molecule has 0 radical (unpaired) electrons. The highest BCUT2D eigenvalue weighted by molar-refractivity contribution is 9.10. The number of carbonyl (C=O) groups is 1. The minimum absolute atomic E-state index is 0.115. The minimum Gasteiger partial charge on any atom is -0.507 e. The molecule has 1 aromatic heterocycles. The van der Waals surface area contributed by atoms with Gasteiger partial charge >= 0.3 is 5.97 Å². The number of hydrogen-bond acceptors (Lipinski definition) is 6. The normalized spacial score (nSPS) is 15.4. The summed E-state index contributed by atoms with van der Waals surface area (Å²) in [6, 6.07) is 23.2. The van der Waals surface area contributed by atoms with Gasteiger partial charge < -0.3 is 9.84 Å². The van der Waals surface area contributed by atoms with Crippen LogP contribution in [0.5, 0.6) is 5.75 Å². The molecule has 0 spiro atoms. The van der Waals surface area contributed by atoms with E-state index in [9.17, 15) is 14.7 Å². The van der Waals surface area contributed by atoms with E-state index in [2.05, 4.69) is 15.9 Å². The van der Waals surface area contributed by atoms with Crippen molar-refractivity contribution in [2.24, 2.45) is 4.99 Å². The van der Waals surface area contributed by atoms with Crippen LogP contribution in [0.15, 0.2) is 98.7 Å². The van der Waals surface area contributed by atoms with E-state index in [0.717, 1.165) is 16.7 Å². The number of aromatic nitrogens is 1. The number of fused-ring (bicyclic) bond motifs is 1. The van der Waals surface area contributed by atoms with Crippen LogP contribution < -0.4 is 14.9 Å².